The number of hydrogen-bond donors (Lipinski definition) is 0. The van der Waals surface area contributed by atoms with Crippen LogP contribution in [0.4, 0.5) is 5.69 Å². The molecule has 0 spiro atoms. The van der Waals surface area contributed by atoms with Crippen LogP contribution in [0.5, 0.6) is 0 Å². The molecule has 0 N–H and O–H groups in total. The molecule has 1 heterocycles. The first-order valence-corrected chi connectivity index (χ1v) is 6.50. The molecule has 1 aromatic carbocycles. The first-order chi connectivity index (χ1) is 8.66. The summed E-state index contributed by atoms with van der Waals surface area (Å²) in [7, 11) is 5.86. The second kappa shape index (κ2) is 7.44. The van der Waals surface area contributed by atoms with E-state index in [1.807, 2.05) is 72.5 Å². The minimum atomic E-state index is 0. The monoisotopic (exact) mass is 388 g/mol. The second-order valence-electron chi connectivity index (χ2n) is 4.05. The van der Waals surface area contributed by atoms with Gasteiger partial charge < -0.3 is 9.47 Å². The van der Waals surface area contributed by atoms with Crippen LogP contribution >= 0.6 is 35.3 Å². The lowest BCUT2D eigenvalue weighted by Gasteiger charge is -2.10. The molecule has 6 heteroatoms. The molecule has 0 bridgehead atoms. The maximum Gasteiger partial charge on any atom is 0.228 e. The zero-order valence-corrected chi connectivity index (χ0v) is 14.3. The van der Waals surface area contributed by atoms with Crippen molar-refractivity contribution in [2.24, 2.45) is 17.0 Å². The molecule has 19 heavy (non-hydrogen) atoms. The van der Waals surface area contributed by atoms with Gasteiger partial charge in [0.1, 0.15) is 0 Å². The molecule has 0 amide bonds. The van der Waals surface area contributed by atoms with Crippen LogP contribution in [0.15, 0.2) is 51.9 Å². The van der Waals surface area contributed by atoms with E-state index in [9.17, 15) is 0 Å². The summed E-state index contributed by atoms with van der Waals surface area (Å²) in [5.41, 5.74) is 0.907. The number of hydrogen-bond acceptors (Lipinski definition) is 2. The summed E-state index contributed by atoms with van der Waals surface area (Å²) in [5, 5.41) is 2.01. The third kappa shape index (κ3) is 4.46. The molecular formula is C13H17IN4S. The van der Waals surface area contributed by atoms with Gasteiger partial charge >= 0.3 is 0 Å². The Morgan fingerprint density at radius 3 is 2.42 bits per heavy atom. The SMILES string of the molecule is CN(C)C(=Nc1ccccc1)N=c1sccn1C.I. The van der Waals surface area contributed by atoms with Gasteiger partial charge in [0.15, 0.2) is 4.80 Å². The Morgan fingerprint density at radius 1 is 1.21 bits per heavy atom. The van der Waals surface area contributed by atoms with E-state index in [0.29, 0.717) is 5.96 Å². The number of guanidine groups is 1. The van der Waals surface area contributed by atoms with Crippen molar-refractivity contribution >= 4 is 47.0 Å². The van der Waals surface area contributed by atoms with Gasteiger partial charge in [-0.3, -0.25) is 0 Å². The Labute approximate surface area is 134 Å². The van der Waals surface area contributed by atoms with E-state index in [0.717, 1.165) is 10.5 Å². The van der Waals surface area contributed by atoms with Gasteiger partial charge in [0.25, 0.3) is 0 Å². The highest BCUT2D eigenvalue weighted by Gasteiger charge is 2.01. The largest absolute Gasteiger partial charge is 0.347 e. The molecule has 1 aromatic heterocycles. The van der Waals surface area contributed by atoms with Gasteiger partial charge in [-0.1, -0.05) is 18.2 Å². The van der Waals surface area contributed by atoms with Crippen LogP contribution < -0.4 is 4.80 Å². The fourth-order valence-corrected chi connectivity index (χ4v) is 2.09. The maximum absolute atomic E-state index is 4.57. The fraction of sp³-hybridized carbons (Fsp3) is 0.231. The summed E-state index contributed by atoms with van der Waals surface area (Å²) >= 11 is 1.59. The zero-order chi connectivity index (χ0) is 13.0. The number of rotatable bonds is 1. The number of benzene rings is 1. The van der Waals surface area contributed by atoms with Gasteiger partial charge in [-0.2, -0.15) is 4.99 Å². The minimum Gasteiger partial charge on any atom is -0.347 e. The molecule has 0 atom stereocenters. The molecule has 4 nitrogen and oxygen atoms in total. The topological polar surface area (TPSA) is 32.9 Å². The Morgan fingerprint density at radius 2 is 1.89 bits per heavy atom. The number of halogens is 1. The van der Waals surface area contributed by atoms with Crippen LogP contribution in [0.25, 0.3) is 0 Å². The Hall–Kier alpha value is -1.15. The molecule has 0 aliphatic heterocycles. The number of aromatic nitrogens is 1. The summed E-state index contributed by atoms with van der Waals surface area (Å²) in [5.74, 6) is 0.694. The average Bonchev–Trinajstić information content (AvgIpc) is 2.75. The molecule has 0 saturated carbocycles. The molecule has 102 valence electrons. The van der Waals surface area contributed by atoms with E-state index in [-0.39, 0.29) is 24.0 Å². The van der Waals surface area contributed by atoms with E-state index in [1.165, 1.54) is 0 Å². The standard InChI is InChI=1S/C13H16N4S.HI/c1-16(2)12(14-11-7-5-4-6-8-11)15-13-17(3)9-10-18-13;/h4-10H,1-3H3;1H. The van der Waals surface area contributed by atoms with Gasteiger partial charge in [-0.05, 0) is 12.1 Å². The van der Waals surface area contributed by atoms with Crippen LogP contribution in [0, 0.1) is 0 Å². The molecule has 0 radical (unpaired) electrons. The first kappa shape index (κ1) is 15.9. The second-order valence-corrected chi connectivity index (χ2v) is 4.92. The fourth-order valence-electron chi connectivity index (χ4n) is 1.36. The number of nitrogens with zero attached hydrogens (tertiary/aromatic N) is 4. The number of aliphatic imine (C=N–C) groups is 1. The van der Waals surface area contributed by atoms with Crippen LogP contribution in [0.3, 0.4) is 0 Å². The Bertz CT molecular complexity index is 598. The van der Waals surface area contributed by atoms with E-state index < -0.39 is 0 Å². The third-order valence-corrected chi connectivity index (χ3v) is 3.19. The highest BCUT2D eigenvalue weighted by molar-refractivity contribution is 14.0. The van der Waals surface area contributed by atoms with Gasteiger partial charge in [0.2, 0.25) is 5.96 Å². The van der Waals surface area contributed by atoms with Crippen molar-refractivity contribution in [3.05, 3.63) is 46.7 Å². The van der Waals surface area contributed by atoms with Crippen molar-refractivity contribution in [2.45, 2.75) is 0 Å². The number of aryl methyl sites for hydroxylation is 1. The molecule has 0 unspecified atom stereocenters. The minimum absolute atomic E-state index is 0. The van der Waals surface area contributed by atoms with Crippen LogP contribution in [0.1, 0.15) is 0 Å². The van der Waals surface area contributed by atoms with Crippen LogP contribution in [0.2, 0.25) is 0 Å². The zero-order valence-electron chi connectivity index (χ0n) is 11.1. The summed E-state index contributed by atoms with van der Waals surface area (Å²) in [6.07, 6.45) is 1.99. The predicted molar refractivity (Wildman–Crippen MR) is 91.5 cm³/mol. The highest BCUT2D eigenvalue weighted by Crippen LogP contribution is 2.10. The lowest BCUT2D eigenvalue weighted by molar-refractivity contribution is 0.611. The van der Waals surface area contributed by atoms with E-state index in [2.05, 4.69) is 9.98 Å². The summed E-state index contributed by atoms with van der Waals surface area (Å²) in [4.78, 5) is 12.0. The highest BCUT2D eigenvalue weighted by atomic mass is 127. The van der Waals surface area contributed by atoms with E-state index >= 15 is 0 Å². The van der Waals surface area contributed by atoms with Gasteiger partial charge in [0.05, 0.1) is 5.69 Å². The van der Waals surface area contributed by atoms with Crippen molar-refractivity contribution in [1.29, 1.82) is 0 Å². The predicted octanol–water partition coefficient (Wildman–Crippen LogP) is 2.85. The lowest BCUT2D eigenvalue weighted by atomic mass is 10.3. The smallest absolute Gasteiger partial charge is 0.228 e. The number of para-hydroxylation sites is 1. The normalized spacial score (nSPS) is 12.2. The summed E-state index contributed by atoms with van der Waals surface area (Å²) in [6, 6.07) is 9.85. The van der Waals surface area contributed by atoms with Crippen molar-refractivity contribution in [3.8, 4) is 0 Å². The van der Waals surface area contributed by atoms with Crippen LogP contribution in [-0.2, 0) is 7.05 Å². The molecule has 0 saturated heterocycles. The maximum atomic E-state index is 4.57. The number of thiazole rings is 1. The van der Waals surface area contributed by atoms with Crippen molar-refractivity contribution in [2.75, 3.05) is 14.1 Å². The van der Waals surface area contributed by atoms with Crippen molar-refractivity contribution in [1.82, 2.24) is 9.47 Å². The lowest BCUT2D eigenvalue weighted by Crippen LogP contribution is -2.23. The van der Waals surface area contributed by atoms with Gasteiger partial charge in [-0.15, -0.1) is 35.3 Å². The third-order valence-electron chi connectivity index (χ3n) is 2.34. The molecule has 2 rings (SSSR count). The summed E-state index contributed by atoms with van der Waals surface area (Å²) < 4.78 is 1.98. The van der Waals surface area contributed by atoms with E-state index in [1.54, 1.807) is 11.3 Å². The summed E-state index contributed by atoms with van der Waals surface area (Å²) in [6.45, 7) is 0. The van der Waals surface area contributed by atoms with Gasteiger partial charge in [0, 0.05) is 32.7 Å². The Balaban J connectivity index is 0.00000180. The van der Waals surface area contributed by atoms with Crippen molar-refractivity contribution < 1.29 is 0 Å². The molecule has 0 aliphatic rings. The molecule has 2 aromatic rings. The molecule has 0 fully saturated rings. The van der Waals surface area contributed by atoms with Crippen LogP contribution in [-0.4, -0.2) is 29.5 Å². The molecule has 0 aliphatic carbocycles. The van der Waals surface area contributed by atoms with E-state index in [4.69, 9.17) is 0 Å². The molecular weight excluding hydrogens is 371 g/mol. The first-order valence-electron chi connectivity index (χ1n) is 5.63. The quantitative estimate of drug-likeness (QED) is 0.420. The van der Waals surface area contributed by atoms with Gasteiger partial charge in [-0.25, -0.2) is 4.99 Å². The average molecular weight is 388 g/mol. The van der Waals surface area contributed by atoms with Crippen molar-refractivity contribution in [3.63, 3.8) is 0 Å². The Kier molecular flexibility index (Phi) is 6.23.